The fourth-order valence-electron chi connectivity index (χ4n) is 1.91. The molecule has 1 amide bonds. The van der Waals surface area contributed by atoms with Gasteiger partial charge in [-0.2, -0.15) is 0 Å². The van der Waals surface area contributed by atoms with Gasteiger partial charge in [0.15, 0.2) is 9.47 Å². The van der Waals surface area contributed by atoms with E-state index in [0.717, 1.165) is 17.0 Å². The molecule has 2 heterocycles. The number of nitrogens with zero attached hydrogens (tertiary/aromatic N) is 3. The van der Waals surface area contributed by atoms with Gasteiger partial charge < -0.3 is 15.8 Å². The zero-order valence-corrected chi connectivity index (χ0v) is 15.9. The van der Waals surface area contributed by atoms with E-state index in [1.54, 1.807) is 14.0 Å². The number of methoxy groups -OCH3 is 1. The molecular formula is C15H15N5O2S3. The van der Waals surface area contributed by atoms with Crippen LogP contribution in [0.2, 0.25) is 0 Å². The van der Waals surface area contributed by atoms with Gasteiger partial charge in [0, 0.05) is 10.9 Å². The van der Waals surface area contributed by atoms with E-state index < -0.39 is 0 Å². The van der Waals surface area contributed by atoms with Gasteiger partial charge in [-0.1, -0.05) is 23.1 Å². The van der Waals surface area contributed by atoms with Crippen LogP contribution in [0.5, 0.6) is 5.75 Å². The van der Waals surface area contributed by atoms with Crippen molar-refractivity contribution in [2.75, 3.05) is 18.2 Å². The second-order valence-electron chi connectivity index (χ2n) is 4.92. The highest BCUT2D eigenvalue weighted by Gasteiger charge is 2.18. The lowest BCUT2D eigenvalue weighted by Gasteiger charge is -2.07. The van der Waals surface area contributed by atoms with E-state index in [0.29, 0.717) is 14.6 Å². The maximum absolute atomic E-state index is 12.3. The highest BCUT2D eigenvalue weighted by molar-refractivity contribution is 8.02. The first-order valence-corrected chi connectivity index (χ1v) is 9.79. The van der Waals surface area contributed by atoms with Gasteiger partial charge in [-0.3, -0.25) is 4.79 Å². The van der Waals surface area contributed by atoms with Crippen LogP contribution < -0.4 is 15.8 Å². The summed E-state index contributed by atoms with van der Waals surface area (Å²) in [4.78, 5) is 16.8. The average molecular weight is 394 g/mol. The Labute approximate surface area is 156 Å². The Morgan fingerprint density at radius 2 is 2.08 bits per heavy atom. The molecule has 3 N–H and O–H groups in total. The quantitative estimate of drug-likeness (QED) is 0.619. The monoisotopic (exact) mass is 393 g/mol. The molecule has 3 aromatic rings. The number of hydrogen-bond donors (Lipinski definition) is 2. The van der Waals surface area contributed by atoms with Crippen molar-refractivity contribution < 1.29 is 9.53 Å². The lowest BCUT2D eigenvalue weighted by molar-refractivity contribution is -0.115. The molecule has 0 aliphatic rings. The number of ether oxygens (including phenoxy) is 1. The van der Waals surface area contributed by atoms with E-state index >= 15 is 0 Å². The van der Waals surface area contributed by atoms with Crippen molar-refractivity contribution in [3.63, 3.8) is 0 Å². The second-order valence-corrected chi connectivity index (χ2v) is 8.38. The van der Waals surface area contributed by atoms with Crippen molar-refractivity contribution in [1.29, 1.82) is 0 Å². The van der Waals surface area contributed by atoms with Crippen molar-refractivity contribution in [3.8, 4) is 17.0 Å². The molecule has 130 valence electrons. The van der Waals surface area contributed by atoms with Crippen LogP contribution in [-0.2, 0) is 4.79 Å². The van der Waals surface area contributed by atoms with Gasteiger partial charge >= 0.3 is 0 Å². The van der Waals surface area contributed by atoms with Crippen molar-refractivity contribution in [2.24, 2.45) is 0 Å². The van der Waals surface area contributed by atoms with E-state index in [1.807, 2.05) is 29.6 Å². The molecule has 3 rings (SSSR count). The minimum absolute atomic E-state index is 0.144. The molecule has 1 aromatic carbocycles. The number of hydrogen-bond acceptors (Lipinski definition) is 9. The van der Waals surface area contributed by atoms with Crippen molar-refractivity contribution >= 4 is 50.6 Å². The lowest BCUT2D eigenvalue weighted by Crippen LogP contribution is -2.22. The Bertz CT molecular complexity index is 862. The van der Waals surface area contributed by atoms with E-state index in [9.17, 15) is 4.79 Å². The zero-order valence-electron chi connectivity index (χ0n) is 13.4. The molecule has 0 saturated carbocycles. The maximum atomic E-state index is 12.3. The number of nitrogens with one attached hydrogen (secondary N) is 1. The number of benzene rings is 1. The molecule has 25 heavy (non-hydrogen) atoms. The van der Waals surface area contributed by atoms with Crippen molar-refractivity contribution in [1.82, 2.24) is 15.2 Å². The highest BCUT2D eigenvalue weighted by Crippen LogP contribution is 2.30. The average Bonchev–Trinajstić information content (AvgIpc) is 3.24. The lowest BCUT2D eigenvalue weighted by atomic mass is 10.2. The van der Waals surface area contributed by atoms with Gasteiger partial charge in [0.2, 0.25) is 11.0 Å². The van der Waals surface area contributed by atoms with Gasteiger partial charge in [-0.15, -0.1) is 21.5 Å². The van der Waals surface area contributed by atoms with Crippen LogP contribution in [0.25, 0.3) is 11.3 Å². The number of nitrogens with two attached hydrogens (primary N) is 1. The number of thiazole rings is 1. The molecule has 0 bridgehead atoms. The van der Waals surface area contributed by atoms with E-state index in [2.05, 4.69) is 20.5 Å². The summed E-state index contributed by atoms with van der Waals surface area (Å²) in [6, 6.07) is 7.61. The normalized spacial score (nSPS) is 11.9. The number of amides is 1. The van der Waals surface area contributed by atoms with Gasteiger partial charge in [0.05, 0.1) is 18.1 Å². The Kier molecular flexibility index (Phi) is 5.51. The largest absolute Gasteiger partial charge is 0.497 e. The van der Waals surface area contributed by atoms with Crippen LogP contribution in [0.15, 0.2) is 34.0 Å². The van der Waals surface area contributed by atoms with E-state index in [1.165, 1.54) is 34.4 Å². The van der Waals surface area contributed by atoms with E-state index in [-0.39, 0.29) is 11.2 Å². The molecular weight excluding hydrogens is 378 g/mol. The standard InChI is InChI=1S/C15H15N5O2S3/c1-8(24-15-20-19-13(16)25-15)12(21)18-14-17-11(7-23-14)9-3-5-10(22-2)6-4-9/h3-8H,1-2H3,(H2,16,19)(H,17,18,21). The van der Waals surface area contributed by atoms with Crippen LogP contribution >= 0.6 is 34.4 Å². The summed E-state index contributed by atoms with van der Waals surface area (Å²) in [5.41, 5.74) is 7.31. The molecule has 0 fully saturated rings. The minimum Gasteiger partial charge on any atom is -0.497 e. The Morgan fingerprint density at radius 3 is 2.72 bits per heavy atom. The summed E-state index contributed by atoms with van der Waals surface area (Å²) in [5, 5.41) is 13.0. The van der Waals surface area contributed by atoms with Gasteiger partial charge in [-0.25, -0.2) is 4.98 Å². The first-order valence-electron chi connectivity index (χ1n) is 7.21. The van der Waals surface area contributed by atoms with Gasteiger partial charge in [0.25, 0.3) is 0 Å². The van der Waals surface area contributed by atoms with Crippen LogP contribution in [0.1, 0.15) is 6.92 Å². The van der Waals surface area contributed by atoms with Crippen molar-refractivity contribution in [2.45, 2.75) is 16.5 Å². The molecule has 0 aliphatic heterocycles. The summed E-state index contributed by atoms with van der Waals surface area (Å²) in [6.07, 6.45) is 0. The molecule has 1 unspecified atom stereocenters. The SMILES string of the molecule is COc1ccc(-c2csc(NC(=O)C(C)Sc3nnc(N)s3)n2)cc1. The minimum atomic E-state index is -0.333. The van der Waals surface area contributed by atoms with Crippen LogP contribution in [-0.4, -0.2) is 33.4 Å². The summed E-state index contributed by atoms with van der Waals surface area (Å²) < 4.78 is 5.81. The predicted octanol–water partition coefficient (Wildman–Crippen LogP) is 3.37. The predicted molar refractivity (Wildman–Crippen MR) is 102 cm³/mol. The summed E-state index contributed by atoms with van der Waals surface area (Å²) in [6.45, 7) is 1.80. The molecule has 0 aliphatic carbocycles. The molecule has 7 nitrogen and oxygen atoms in total. The van der Waals surface area contributed by atoms with Crippen molar-refractivity contribution in [3.05, 3.63) is 29.6 Å². The fourth-order valence-corrected chi connectivity index (χ4v) is 4.41. The molecule has 10 heteroatoms. The third-order valence-electron chi connectivity index (χ3n) is 3.19. The number of carbonyl (C=O) groups excluding carboxylic acids is 1. The topological polar surface area (TPSA) is 103 Å². The number of rotatable bonds is 6. The Balaban J connectivity index is 1.62. The Hall–Kier alpha value is -2.17. The molecule has 0 radical (unpaired) electrons. The Morgan fingerprint density at radius 1 is 1.32 bits per heavy atom. The third kappa shape index (κ3) is 4.47. The summed E-state index contributed by atoms with van der Waals surface area (Å²) in [7, 11) is 1.63. The zero-order chi connectivity index (χ0) is 17.8. The van der Waals surface area contributed by atoms with Gasteiger partial charge in [-0.05, 0) is 31.2 Å². The fraction of sp³-hybridized carbons (Fsp3) is 0.200. The first kappa shape index (κ1) is 17.6. The molecule has 0 saturated heterocycles. The number of anilines is 2. The summed E-state index contributed by atoms with van der Waals surface area (Å²) in [5.74, 6) is 0.644. The molecule has 0 spiro atoms. The van der Waals surface area contributed by atoms with E-state index in [4.69, 9.17) is 10.5 Å². The number of aromatic nitrogens is 3. The van der Waals surface area contributed by atoms with Gasteiger partial charge in [0.1, 0.15) is 5.75 Å². The smallest absolute Gasteiger partial charge is 0.239 e. The molecule has 1 atom stereocenters. The third-order valence-corrected chi connectivity index (χ3v) is 5.88. The van der Waals surface area contributed by atoms with Crippen LogP contribution in [0, 0.1) is 0 Å². The second kappa shape index (κ2) is 7.81. The maximum Gasteiger partial charge on any atom is 0.239 e. The highest BCUT2D eigenvalue weighted by atomic mass is 32.2. The first-order chi connectivity index (χ1) is 12.0. The molecule has 2 aromatic heterocycles. The summed E-state index contributed by atoms with van der Waals surface area (Å²) >= 11 is 3.96. The number of nitrogen functional groups attached to an aromatic ring is 1. The van der Waals surface area contributed by atoms with Crippen LogP contribution in [0.4, 0.5) is 10.3 Å². The number of thioether (sulfide) groups is 1. The number of carbonyl (C=O) groups is 1. The van der Waals surface area contributed by atoms with Crippen LogP contribution in [0.3, 0.4) is 0 Å².